The molecule has 2 rings (SSSR count). The highest BCUT2D eigenvalue weighted by Crippen LogP contribution is 2.33. The van der Waals surface area contributed by atoms with E-state index in [0.29, 0.717) is 11.5 Å². The first kappa shape index (κ1) is 15.2. The zero-order valence-corrected chi connectivity index (χ0v) is 13.3. The van der Waals surface area contributed by atoms with Gasteiger partial charge in [0.05, 0.1) is 11.4 Å². The van der Waals surface area contributed by atoms with Crippen LogP contribution in [0.5, 0.6) is 0 Å². The molecule has 0 bridgehead atoms. The Labute approximate surface area is 126 Å². The second-order valence-corrected chi connectivity index (χ2v) is 7.40. The maximum atomic E-state index is 11.7. The van der Waals surface area contributed by atoms with Crippen LogP contribution in [0.4, 0.5) is 0 Å². The second-order valence-electron chi connectivity index (χ2n) is 4.54. The largest absolute Gasteiger partial charge is 0.266 e. The quantitative estimate of drug-likeness (QED) is 0.806. The van der Waals surface area contributed by atoms with E-state index in [4.69, 9.17) is 22.3 Å². The zero-order valence-electron chi connectivity index (χ0n) is 11.0. The van der Waals surface area contributed by atoms with Gasteiger partial charge in [0.2, 0.25) is 0 Å². The van der Waals surface area contributed by atoms with Crippen LogP contribution < -0.4 is 0 Å². The summed E-state index contributed by atoms with van der Waals surface area (Å²) in [7, 11) is 1.44. The Hall–Kier alpha value is -1.18. The summed E-state index contributed by atoms with van der Waals surface area (Å²) >= 11 is 6.10. The highest BCUT2D eigenvalue weighted by molar-refractivity contribution is 8.13. The van der Waals surface area contributed by atoms with Crippen molar-refractivity contribution in [3.8, 4) is 5.82 Å². The van der Waals surface area contributed by atoms with Gasteiger partial charge < -0.3 is 0 Å². The Kier molecular flexibility index (Phi) is 4.04. The fourth-order valence-corrected chi connectivity index (χ4v) is 3.57. The molecule has 0 saturated carbocycles. The van der Waals surface area contributed by atoms with Crippen LogP contribution >= 0.6 is 22.3 Å². The second kappa shape index (κ2) is 5.31. The standard InChI is InChI=1S/C11H12Cl2N4O2S/c1-6(2)9-10(20(13,18)19)11(12)17(16-9)8-5-4-7(3)14-15-8/h4-6H,1-3H3. The van der Waals surface area contributed by atoms with Crippen LogP contribution in [0.3, 0.4) is 0 Å². The molecule has 2 aromatic heterocycles. The van der Waals surface area contributed by atoms with Crippen LogP contribution in [0.25, 0.3) is 5.82 Å². The average molecular weight is 335 g/mol. The van der Waals surface area contributed by atoms with Crippen molar-refractivity contribution in [1.29, 1.82) is 0 Å². The van der Waals surface area contributed by atoms with Gasteiger partial charge in [-0.3, -0.25) is 0 Å². The lowest BCUT2D eigenvalue weighted by atomic mass is 10.1. The maximum Gasteiger partial charge on any atom is 0.266 e. The molecule has 108 valence electrons. The fraction of sp³-hybridized carbons (Fsp3) is 0.364. The summed E-state index contributed by atoms with van der Waals surface area (Å²) in [4.78, 5) is -0.182. The monoisotopic (exact) mass is 334 g/mol. The van der Waals surface area contributed by atoms with Gasteiger partial charge in [-0.2, -0.15) is 10.2 Å². The van der Waals surface area contributed by atoms with Crippen molar-refractivity contribution < 1.29 is 8.42 Å². The van der Waals surface area contributed by atoms with E-state index < -0.39 is 9.05 Å². The van der Waals surface area contributed by atoms with Crippen molar-refractivity contribution in [1.82, 2.24) is 20.0 Å². The third-order valence-corrected chi connectivity index (χ3v) is 4.42. The molecule has 0 aromatic carbocycles. The van der Waals surface area contributed by atoms with Gasteiger partial charge in [0, 0.05) is 10.7 Å². The van der Waals surface area contributed by atoms with Crippen LogP contribution in [-0.2, 0) is 9.05 Å². The molecule has 0 spiro atoms. The first-order valence-corrected chi connectivity index (χ1v) is 8.44. The molecule has 0 aliphatic rings. The van der Waals surface area contributed by atoms with Crippen LogP contribution in [-0.4, -0.2) is 28.4 Å². The number of hydrogen-bond acceptors (Lipinski definition) is 5. The van der Waals surface area contributed by atoms with Crippen molar-refractivity contribution in [3.63, 3.8) is 0 Å². The van der Waals surface area contributed by atoms with Crippen molar-refractivity contribution >= 4 is 31.3 Å². The molecule has 0 radical (unpaired) electrons. The van der Waals surface area contributed by atoms with Gasteiger partial charge in [-0.1, -0.05) is 25.4 Å². The van der Waals surface area contributed by atoms with Gasteiger partial charge in [-0.15, -0.1) is 5.10 Å². The lowest BCUT2D eigenvalue weighted by molar-refractivity contribution is 0.607. The summed E-state index contributed by atoms with van der Waals surface area (Å²) in [6, 6.07) is 3.38. The summed E-state index contributed by atoms with van der Waals surface area (Å²) < 4.78 is 24.6. The number of rotatable bonds is 3. The van der Waals surface area contributed by atoms with E-state index in [1.807, 2.05) is 0 Å². The van der Waals surface area contributed by atoms with Crippen LogP contribution in [0.15, 0.2) is 17.0 Å². The summed E-state index contributed by atoms with van der Waals surface area (Å²) in [5, 5.41) is 11.9. The van der Waals surface area contributed by atoms with Crippen molar-refractivity contribution in [2.75, 3.05) is 0 Å². The number of hydrogen-bond donors (Lipinski definition) is 0. The number of aromatic nitrogens is 4. The fourth-order valence-electron chi connectivity index (χ4n) is 1.66. The van der Waals surface area contributed by atoms with Gasteiger partial charge >= 0.3 is 0 Å². The Morgan fingerprint density at radius 1 is 1.25 bits per heavy atom. The van der Waals surface area contributed by atoms with Gasteiger partial charge in [-0.05, 0) is 25.0 Å². The first-order chi connectivity index (χ1) is 9.21. The molecule has 2 aromatic rings. The predicted molar refractivity (Wildman–Crippen MR) is 76.0 cm³/mol. The van der Waals surface area contributed by atoms with Crippen LogP contribution in [0, 0.1) is 6.92 Å². The molecule has 0 aliphatic heterocycles. The number of aryl methyl sites for hydroxylation is 1. The maximum absolute atomic E-state index is 11.7. The molecule has 0 fully saturated rings. The van der Waals surface area contributed by atoms with E-state index in [1.165, 1.54) is 4.68 Å². The molecule has 0 saturated heterocycles. The van der Waals surface area contributed by atoms with Gasteiger partial charge in [-0.25, -0.2) is 13.1 Å². The molecular weight excluding hydrogens is 323 g/mol. The van der Waals surface area contributed by atoms with Gasteiger partial charge in [0.15, 0.2) is 11.0 Å². The molecule has 0 amide bonds. The van der Waals surface area contributed by atoms with Crippen molar-refractivity contribution in [3.05, 3.63) is 28.7 Å². The highest BCUT2D eigenvalue weighted by atomic mass is 35.7. The SMILES string of the molecule is Cc1ccc(-n2nc(C(C)C)c(S(=O)(=O)Cl)c2Cl)nn1. The molecule has 0 N–H and O–H groups in total. The minimum absolute atomic E-state index is 0.0955. The van der Waals surface area contributed by atoms with Crippen molar-refractivity contribution in [2.24, 2.45) is 0 Å². The van der Waals surface area contributed by atoms with Crippen LogP contribution in [0.1, 0.15) is 31.2 Å². The Bertz CT molecular complexity index is 739. The average Bonchev–Trinajstić information content (AvgIpc) is 2.68. The Morgan fingerprint density at radius 3 is 2.30 bits per heavy atom. The molecule has 2 heterocycles. The Balaban J connectivity index is 2.71. The third kappa shape index (κ3) is 2.79. The zero-order chi connectivity index (χ0) is 15.1. The van der Waals surface area contributed by atoms with E-state index in [-0.39, 0.29) is 16.0 Å². The summed E-state index contributed by atoms with van der Waals surface area (Å²) in [5.74, 6) is 0.171. The molecule has 0 aliphatic carbocycles. The van der Waals surface area contributed by atoms with Crippen molar-refractivity contribution in [2.45, 2.75) is 31.6 Å². The van der Waals surface area contributed by atoms with Gasteiger partial charge in [0.25, 0.3) is 9.05 Å². The molecule has 20 heavy (non-hydrogen) atoms. The molecular formula is C11H12Cl2N4O2S. The topological polar surface area (TPSA) is 77.7 Å². The minimum Gasteiger partial charge on any atom is -0.207 e. The smallest absolute Gasteiger partial charge is 0.207 e. The number of halogens is 2. The molecule has 9 heteroatoms. The lowest BCUT2D eigenvalue weighted by Crippen LogP contribution is -2.02. The third-order valence-electron chi connectivity index (χ3n) is 2.61. The predicted octanol–water partition coefficient (Wildman–Crippen LogP) is 2.68. The molecule has 6 nitrogen and oxygen atoms in total. The van der Waals surface area contributed by atoms with E-state index in [1.54, 1.807) is 32.9 Å². The van der Waals surface area contributed by atoms with Crippen LogP contribution in [0.2, 0.25) is 5.15 Å². The Morgan fingerprint density at radius 2 is 1.90 bits per heavy atom. The van der Waals surface area contributed by atoms with E-state index in [2.05, 4.69) is 15.3 Å². The van der Waals surface area contributed by atoms with E-state index >= 15 is 0 Å². The summed E-state index contributed by atoms with van der Waals surface area (Å²) in [6.45, 7) is 5.39. The highest BCUT2D eigenvalue weighted by Gasteiger charge is 2.28. The van der Waals surface area contributed by atoms with E-state index in [0.717, 1.165) is 5.69 Å². The summed E-state index contributed by atoms with van der Waals surface area (Å²) in [6.07, 6.45) is 0. The number of nitrogens with zero attached hydrogens (tertiary/aromatic N) is 4. The first-order valence-electron chi connectivity index (χ1n) is 5.75. The minimum atomic E-state index is -4.00. The molecule has 0 atom stereocenters. The van der Waals surface area contributed by atoms with Gasteiger partial charge in [0.1, 0.15) is 4.90 Å². The normalized spacial score (nSPS) is 12.1. The molecule has 0 unspecified atom stereocenters. The van der Waals surface area contributed by atoms with E-state index in [9.17, 15) is 8.42 Å². The lowest BCUT2D eigenvalue weighted by Gasteiger charge is -2.01. The summed E-state index contributed by atoms with van der Waals surface area (Å²) in [5.41, 5.74) is 1.03.